The first-order chi connectivity index (χ1) is 12.7. The maximum Gasteiger partial charge on any atom is 0.138 e. The number of rotatable bonds is 6. The molecule has 0 atom stereocenters. The molecule has 0 saturated heterocycles. The molecule has 0 aliphatic heterocycles. The van der Waals surface area contributed by atoms with E-state index in [0.717, 1.165) is 33.6 Å². The van der Waals surface area contributed by atoms with Gasteiger partial charge in [0, 0.05) is 0 Å². The van der Waals surface area contributed by atoms with Gasteiger partial charge in [0.2, 0.25) is 0 Å². The third-order valence-electron chi connectivity index (χ3n) is 4.21. The highest BCUT2D eigenvalue weighted by molar-refractivity contribution is 5.83. The Balaban J connectivity index is 2.05. The Morgan fingerprint density at radius 2 is 0.963 bits per heavy atom. The first-order valence-electron chi connectivity index (χ1n) is 8.97. The Morgan fingerprint density at radius 1 is 0.667 bits per heavy atom. The molecule has 0 aliphatic carbocycles. The first-order valence-corrected chi connectivity index (χ1v) is 8.97. The van der Waals surface area contributed by atoms with Crippen LogP contribution in [-0.4, -0.2) is 12.4 Å². The normalized spacial score (nSPS) is 11.3. The lowest BCUT2D eigenvalue weighted by Gasteiger charge is -2.08. The van der Waals surface area contributed by atoms with Crippen molar-refractivity contribution < 1.29 is 4.74 Å². The Kier molecular flexibility index (Phi) is 6.51. The average molecular weight is 361 g/mol. The van der Waals surface area contributed by atoms with Crippen LogP contribution < -0.4 is 0 Å². The molecule has 0 bridgehead atoms. The zero-order valence-corrected chi connectivity index (χ0v) is 17.2. The molecule has 0 spiro atoms. The molecule has 0 amide bonds. The van der Waals surface area contributed by atoms with Gasteiger partial charge >= 0.3 is 0 Å². The van der Waals surface area contributed by atoms with Crippen molar-refractivity contribution in [3.63, 3.8) is 0 Å². The Morgan fingerprint density at radius 3 is 1.26 bits per heavy atom. The van der Waals surface area contributed by atoms with Gasteiger partial charge in [-0.1, -0.05) is 48.6 Å². The van der Waals surface area contributed by atoms with Crippen molar-refractivity contribution in [3.05, 3.63) is 82.3 Å². The topological polar surface area (TPSA) is 34.0 Å². The van der Waals surface area contributed by atoms with Gasteiger partial charge in [-0.25, -0.2) is 0 Å². The van der Waals surface area contributed by atoms with Gasteiger partial charge in [0.05, 0.1) is 23.8 Å². The number of benzene rings is 2. The van der Waals surface area contributed by atoms with Crippen molar-refractivity contribution in [2.24, 2.45) is 9.98 Å². The second-order valence-electron chi connectivity index (χ2n) is 7.05. The molecule has 2 rings (SSSR count). The maximum absolute atomic E-state index is 5.61. The molecule has 140 valence electrons. The van der Waals surface area contributed by atoms with Crippen molar-refractivity contribution in [2.45, 2.75) is 41.5 Å². The van der Waals surface area contributed by atoms with Crippen molar-refractivity contribution in [3.8, 4) is 0 Å². The molecular formula is C24H28N2O. The summed E-state index contributed by atoms with van der Waals surface area (Å²) in [6.45, 7) is 20.1. The molecule has 0 aliphatic rings. The minimum absolute atomic E-state index is 0.420. The quantitative estimate of drug-likeness (QED) is 0.417. The van der Waals surface area contributed by atoms with Crippen LogP contribution in [0.4, 0.5) is 11.4 Å². The first kappa shape index (κ1) is 20.4. The number of aliphatic imine (C=N–C) groups is 2. The van der Waals surface area contributed by atoms with E-state index in [-0.39, 0.29) is 0 Å². The van der Waals surface area contributed by atoms with Crippen LogP contribution in [0.5, 0.6) is 0 Å². The highest BCUT2D eigenvalue weighted by Gasteiger charge is 2.04. The van der Waals surface area contributed by atoms with Crippen molar-refractivity contribution in [2.75, 3.05) is 0 Å². The molecule has 0 saturated carbocycles. The lowest BCUT2D eigenvalue weighted by atomic mass is 10.1. The third kappa shape index (κ3) is 5.52. The molecule has 2 aromatic carbocycles. The van der Waals surface area contributed by atoms with E-state index < -0.39 is 0 Å². The van der Waals surface area contributed by atoms with Crippen LogP contribution in [0, 0.1) is 41.5 Å². The summed E-state index contributed by atoms with van der Waals surface area (Å²) in [4.78, 5) is 9.04. The number of aryl methyl sites for hydroxylation is 6. The lowest BCUT2D eigenvalue weighted by Crippen LogP contribution is -1.94. The van der Waals surface area contributed by atoms with Gasteiger partial charge < -0.3 is 4.74 Å². The second-order valence-corrected chi connectivity index (χ2v) is 7.05. The molecule has 27 heavy (non-hydrogen) atoms. The van der Waals surface area contributed by atoms with Crippen LogP contribution in [0.25, 0.3) is 0 Å². The molecule has 0 unspecified atom stereocenters. The Hall–Kier alpha value is -2.94. The lowest BCUT2D eigenvalue weighted by molar-refractivity contribution is 0.362. The Labute approximate surface area is 162 Å². The van der Waals surface area contributed by atoms with Gasteiger partial charge in [-0.2, -0.15) is 0 Å². The van der Waals surface area contributed by atoms with Gasteiger partial charge in [0.1, 0.15) is 11.5 Å². The molecule has 0 heterocycles. The van der Waals surface area contributed by atoms with Gasteiger partial charge in [-0.15, -0.1) is 0 Å². The highest BCUT2D eigenvalue weighted by atomic mass is 16.5. The smallest absolute Gasteiger partial charge is 0.138 e. The molecule has 0 fully saturated rings. The molecule has 0 N–H and O–H groups in total. The fourth-order valence-corrected chi connectivity index (χ4v) is 3.25. The van der Waals surface area contributed by atoms with Crippen LogP contribution in [-0.2, 0) is 4.74 Å². The predicted octanol–water partition coefficient (Wildman–Crippen LogP) is 6.69. The highest BCUT2D eigenvalue weighted by Crippen LogP contribution is 2.26. The van der Waals surface area contributed by atoms with E-state index in [2.05, 4.69) is 61.3 Å². The molecule has 0 radical (unpaired) electrons. The molecule has 3 heteroatoms. The van der Waals surface area contributed by atoms with Crippen LogP contribution >= 0.6 is 0 Å². The second kappa shape index (κ2) is 8.63. The zero-order chi connectivity index (χ0) is 20.1. The maximum atomic E-state index is 5.61. The molecular weight excluding hydrogens is 332 g/mol. The van der Waals surface area contributed by atoms with E-state index >= 15 is 0 Å². The summed E-state index contributed by atoms with van der Waals surface area (Å²) in [6.07, 6.45) is 3.23. The largest absolute Gasteiger partial charge is 0.455 e. The van der Waals surface area contributed by atoms with Gasteiger partial charge in [-0.3, -0.25) is 9.98 Å². The number of hydrogen-bond donors (Lipinski definition) is 0. The summed E-state index contributed by atoms with van der Waals surface area (Å²) in [5.41, 5.74) is 8.84. The van der Waals surface area contributed by atoms with E-state index in [1.807, 2.05) is 27.7 Å². The zero-order valence-electron chi connectivity index (χ0n) is 17.2. The third-order valence-corrected chi connectivity index (χ3v) is 4.21. The Bertz CT molecular complexity index is 825. The average Bonchev–Trinajstić information content (AvgIpc) is 2.52. The SMILES string of the molecule is C=C(C=Nc1c(C)cc(C)cc1C)OC(=C)C=Nc1c(C)cc(C)cc1C. The summed E-state index contributed by atoms with van der Waals surface area (Å²) in [7, 11) is 0. The minimum atomic E-state index is 0.420. The fraction of sp³-hybridized carbons (Fsp3) is 0.250. The van der Waals surface area contributed by atoms with Gasteiger partial charge in [-0.05, 0) is 63.8 Å². The summed E-state index contributed by atoms with van der Waals surface area (Å²) in [5, 5.41) is 0. The molecule has 2 aromatic rings. The van der Waals surface area contributed by atoms with Crippen LogP contribution in [0.1, 0.15) is 33.4 Å². The number of ether oxygens (including phenoxy) is 1. The van der Waals surface area contributed by atoms with Crippen molar-refractivity contribution in [1.29, 1.82) is 0 Å². The summed E-state index contributed by atoms with van der Waals surface area (Å²) < 4.78 is 5.61. The minimum Gasteiger partial charge on any atom is -0.455 e. The standard InChI is InChI=1S/C24H28N2O/c1-15-9-17(3)23(18(4)10-15)25-13-21(7)27-22(8)14-26-24-19(5)11-16(2)12-20(24)6/h9-14H,7-8H2,1-6H3. The van der Waals surface area contributed by atoms with Crippen LogP contribution in [0.3, 0.4) is 0 Å². The predicted molar refractivity (Wildman–Crippen MR) is 117 cm³/mol. The van der Waals surface area contributed by atoms with Crippen molar-refractivity contribution >= 4 is 23.8 Å². The van der Waals surface area contributed by atoms with Crippen LogP contribution in [0.2, 0.25) is 0 Å². The number of hydrogen-bond acceptors (Lipinski definition) is 3. The van der Waals surface area contributed by atoms with Crippen molar-refractivity contribution in [1.82, 2.24) is 0 Å². The summed E-state index contributed by atoms with van der Waals surface area (Å²) in [6, 6.07) is 8.45. The number of allylic oxidation sites excluding steroid dienone is 2. The monoisotopic (exact) mass is 360 g/mol. The summed E-state index contributed by atoms with van der Waals surface area (Å²) >= 11 is 0. The van der Waals surface area contributed by atoms with E-state index in [0.29, 0.717) is 11.5 Å². The molecule has 0 aromatic heterocycles. The molecule has 3 nitrogen and oxygen atoms in total. The van der Waals surface area contributed by atoms with Gasteiger partial charge in [0.15, 0.2) is 0 Å². The van der Waals surface area contributed by atoms with E-state index in [4.69, 9.17) is 4.74 Å². The van der Waals surface area contributed by atoms with E-state index in [1.165, 1.54) is 11.1 Å². The van der Waals surface area contributed by atoms with Crippen LogP contribution in [0.15, 0.2) is 58.9 Å². The number of nitrogens with zero attached hydrogens (tertiary/aromatic N) is 2. The van der Waals surface area contributed by atoms with E-state index in [9.17, 15) is 0 Å². The summed E-state index contributed by atoms with van der Waals surface area (Å²) in [5.74, 6) is 0.839. The van der Waals surface area contributed by atoms with Gasteiger partial charge in [0.25, 0.3) is 0 Å². The fourth-order valence-electron chi connectivity index (χ4n) is 3.25. The van der Waals surface area contributed by atoms with E-state index in [1.54, 1.807) is 12.4 Å².